The van der Waals surface area contributed by atoms with Gasteiger partial charge in [0.2, 0.25) is 0 Å². The molecule has 0 amide bonds. The van der Waals surface area contributed by atoms with Gasteiger partial charge in [-0.1, -0.05) is 43.5 Å². The highest BCUT2D eigenvalue weighted by Crippen LogP contribution is 2.32. The molecule has 3 rings (SSSR count). The van der Waals surface area contributed by atoms with Crippen LogP contribution in [0.1, 0.15) is 62.0 Å². The highest BCUT2D eigenvalue weighted by molar-refractivity contribution is 5.26. The topological polar surface area (TPSA) is 12.0 Å². The van der Waals surface area contributed by atoms with Crippen molar-refractivity contribution in [3.8, 4) is 0 Å². The number of hydrogen-bond acceptors (Lipinski definition) is 1. The summed E-state index contributed by atoms with van der Waals surface area (Å²) in [7, 11) is 0. The van der Waals surface area contributed by atoms with Crippen molar-refractivity contribution in [3.63, 3.8) is 0 Å². The maximum Gasteiger partial charge on any atom is 0.0108 e. The number of hydrogen-bond donors (Lipinski definition) is 1. The zero-order valence-electron chi connectivity index (χ0n) is 11.3. The first-order valence-corrected chi connectivity index (χ1v) is 7.74. The summed E-state index contributed by atoms with van der Waals surface area (Å²) in [5.74, 6) is 0.845. The molecule has 1 saturated heterocycles. The maximum atomic E-state index is 3.58. The fourth-order valence-corrected chi connectivity index (χ4v) is 3.58. The van der Waals surface area contributed by atoms with E-state index in [1.165, 1.54) is 63.5 Å². The van der Waals surface area contributed by atoms with Crippen molar-refractivity contribution in [1.29, 1.82) is 0 Å². The number of nitrogens with one attached hydrogen (secondary N) is 1. The lowest BCUT2D eigenvalue weighted by Gasteiger charge is -2.22. The fraction of sp³-hybridized carbons (Fsp3) is 0.647. The van der Waals surface area contributed by atoms with E-state index in [9.17, 15) is 0 Å². The van der Waals surface area contributed by atoms with E-state index >= 15 is 0 Å². The Labute approximate surface area is 111 Å². The molecule has 0 aromatic heterocycles. The van der Waals surface area contributed by atoms with Crippen LogP contribution in [0.25, 0.3) is 0 Å². The molecule has 1 saturated carbocycles. The molecule has 0 spiro atoms. The number of benzene rings is 1. The predicted molar refractivity (Wildman–Crippen MR) is 77.0 cm³/mol. The second-order valence-corrected chi connectivity index (χ2v) is 6.07. The van der Waals surface area contributed by atoms with Gasteiger partial charge in [0.25, 0.3) is 0 Å². The Kier molecular flexibility index (Phi) is 3.99. The summed E-state index contributed by atoms with van der Waals surface area (Å²) in [5.41, 5.74) is 3.09. The Morgan fingerprint density at radius 1 is 0.889 bits per heavy atom. The van der Waals surface area contributed by atoms with Crippen LogP contribution in [0.15, 0.2) is 24.3 Å². The third kappa shape index (κ3) is 2.95. The summed E-state index contributed by atoms with van der Waals surface area (Å²) < 4.78 is 0. The Morgan fingerprint density at radius 2 is 1.67 bits per heavy atom. The SMILES string of the molecule is c1cc(C2CCCCC2)ccc1CC1CCCN1. The van der Waals surface area contributed by atoms with E-state index in [1.54, 1.807) is 5.56 Å². The average Bonchev–Trinajstić information content (AvgIpc) is 2.94. The molecule has 1 heteroatoms. The lowest BCUT2D eigenvalue weighted by molar-refractivity contribution is 0.443. The second-order valence-electron chi connectivity index (χ2n) is 6.07. The van der Waals surface area contributed by atoms with Crippen molar-refractivity contribution in [1.82, 2.24) is 5.32 Å². The molecule has 2 aliphatic rings. The van der Waals surface area contributed by atoms with Crippen molar-refractivity contribution < 1.29 is 0 Å². The van der Waals surface area contributed by atoms with Crippen molar-refractivity contribution in [2.45, 2.75) is 63.3 Å². The van der Waals surface area contributed by atoms with Crippen LogP contribution in [0.3, 0.4) is 0 Å². The second kappa shape index (κ2) is 5.88. The Balaban J connectivity index is 1.60. The lowest BCUT2D eigenvalue weighted by Crippen LogP contribution is -2.23. The average molecular weight is 243 g/mol. The van der Waals surface area contributed by atoms with Gasteiger partial charge in [-0.2, -0.15) is 0 Å². The van der Waals surface area contributed by atoms with Crippen molar-refractivity contribution in [3.05, 3.63) is 35.4 Å². The molecule has 1 atom stereocenters. The van der Waals surface area contributed by atoms with Crippen LogP contribution >= 0.6 is 0 Å². The molecule has 1 unspecified atom stereocenters. The predicted octanol–water partition coefficient (Wildman–Crippen LogP) is 4.03. The first-order chi connectivity index (χ1) is 8.92. The molecular weight excluding hydrogens is 218 g/mol. The minimum atomic E-state index is 0.727. The lowest BCUT2D eigenvalue weighted by atomic mass is 9.84. The van der Waals surface area contributed by atoms with Gasteiger partial charge in [-0.3, -0.25) is 0 Å². The molecule has 1 aliphatic carbocycles. The van der Waals surface area contributed by atoms with Gasteiger partial charge in [0.05, 0.1) is 0 Å². The van der Waals surface area contributed by atoms with E-state index in [2.05, 4.69) is 29.6 Å². The van der Waals surface area contributed by atoms with E-state index in [0.29, 0.717) is 0 Å². The van der Waals surface area contributed by atoms with Crippen molar-refractivity contribution in [2.24, 2.45) is 0 Å². The molecule has 1 aromatic rings. The molecule has 1 nitrogen and oxygen atoms in total. The zero-order valence-corrected chi connectivity index (χ0v) is 11.3. The van der Waals surface area contributed by atoms with E-state index in [0.717, 1.165) is 12.0 Å². The normalized spacial score (nSPS) is 25.4. The minimum absolute atomic E-state index is 0.727. The zero-order chi connectivity index (χ0) is 12.2. The monoisotopic (exact) mass is 243 g/mol. The molecule has 2 fully saturated rings. The Hall–Kier alpha value is -0.820. The van der Waals surface area contributed by atoms with Crippen LogP contribution in [-0.2, 0) is 6.42 Å². The fourth-order valence-electron chi connectivity index (χ4n) is 3.58. The third-order valence-electron chi connectivity index (χ3n) is 4.70. The first-order valence-electron chi connectivity index (χ1n) is 7.74. The van der Waals surface area contributed by atoms with E-state index < -0.39 is 0 Å². The smallest absolute Gasteiger partial charge is 0.0108 e. The molecular formula is C17H25N. The van der Waals surface area contributed by atoms with Gasteiger partial charge >= 0.3 is 0 Å². The molecule has 0 radical (unpaired) electrons. The van der Waals surface area contributed by atoms with Crippen molar-refractivity contribution in [2.75, 3.05) is 6.54 Å². The van der Waals surface area contributed by atoms with Crippen LogP contribution < -0.4 is 5.32 Å². The summed E-state index contributed by atoms with van der Waals surface area (Å²) in [6.07, 6.45) is 11.0. The van der Waals surface area contributed by atoms with Gasteiger partial charge in [-0.05, 0) is 55.7 Å². The summed E-state index contributed by atoms with van der Waals surface area (Å²) in [4.78, 5) is 0. The minimum Gasteiger partial charge on any atom is -0.314 e. The van der Waals surface area contributed by atoms with Gasteiger partial charge in [0.1, 0.15) is 0 Å². The Bertz CT molecular complexity index is 356. The summed E-state index contributed by atoms with van der Waals surface area (Å²) in [6.45, 7) is 1.21. The van der Waals surface area contributed by atoms with E-state index in [1.807, 2.05) is 0 Å². The molecule has 1 heterocycles. The van der Waals surface area contributed by atoms with Gasteiger partial charge in [-0.25, -0.2) is 0 Å². The summed E-state index contributed by atoms with van der Waals surface area (Å²) >= 11 is 0. The van der Waals surface area contributed by atoms with Crippen LogP contribution in [0.2, 0.25) is 0 Å². The highest BCUT2D eigenvalue weighted by atomic mass is 14.9. The van der Waals surface area contributed by atoms with Crippen molar-refractivity contribution >= 4 is 0 Å². The van der Waals surface area contributed by atoms with Gasteiger partial charge in [0, 0.05) is 6.04 Å². The first kappa shape index (κ1) is 12.2. The molecule has 98 valence electrons. The highest BCUT2D eigenvalue weighted by Gasteiger charge is 2.16. The summed E-state index contributed by atoms with van der Waals surface area (Å²) in [5, 5.41) is 3.58. The standard InChI is InChI=1S/C17H25N/c1-2-5-15(6-3-1)16-10-8-14(9-11-16)13-17-7-4-12-18-17/h8-11,15,17-18H,1-7,12-13H2. The van der Waals surface area contributed by atoms with Crippen LogP contribution in [0, 0.1) is 0 Å². The van der Waals surface area contributed by atoms with Gasteiger partial charge in [0.15, 0.2) is 0 Å². The maximum absolute atomic E-state index is 3.58. The van der Waals surface area contributed by atoms with E-state index in [-0.39, 0.29) is 0 Å². The number of rotatable bonds is 3. The van der Waals surface area contributed by atoms with Crippen LogP contribution in [0.5, 0.6) is 0 Å². The van der Waals surface area contributed by atoms with E-state index in [4.69, 9.17) is 0 Å². The van der Waals surface area contributed by atoms with Gasteiger partial charge < -0.3 is 5.32 Å². The quantitative estimate of drug-likeness (QED) is 0.845. The molecule has 1 aromatic carbocycles. The third-order valence-corrected chi connectivity index (χ3v) is 4.70. The molecule has 1 N–H and O–H groups in total. The largest absolute Gasteiger partial charge is 0.314 e. The summed E-state index contributed by atoms with van der Waals surface area (Å²) in [6, 6.07) is 10.2. The molecule has 18 heavy (non-hydrogen) atoms. The molecule has 1 aliphatic heterocycles. The molecule has 0 bridgehead atoms. The van der Waals surface area contributed by atoms with Crippen LogP contribution in [0.4, 0.5) is 0 Å². The Morgan fingerprint density at radius 3 is 2.33 bits per heavy atom. The van der Waals surface area contributed by atoms with Gasteiger partial charge in [-0.15, -0.1) is 0 Å². The van der Waals surface area contributed by atoms with Crippen LogP contribution in [-0.4, -0.2) is 12.6 Å².